The maximum Gasteiger partial charge on any atom is 0.251 e. The van der Waals surface area contributed by atoms with E-state index in [1.165, 1.54) is 6.42 Å². The second-order valence-electron chi connectivity index (χ2n) is 15.6. The van der Waals surface area contributed by atoms with Crippen molar-refractivity contribution in [1.82, 2.24) is 15.7 Å². The Morgan fingerprint density at radius 1 is 1.17 bits per heavy atom. The predicted octanol–water partition coefficient (Wildman–Crippen LogP) is 4.44. The van der Waals surface area contributed by atoms with Gasteiger partial charge in [0, 0.05) is 61.5 Å². The molecule has 0 aromatic heterocycles. The first-order valence-electron chi connectivity index (χ1n) is 17.6. The van der Waals surface area contributed by atoms with E-state index in [4.69, 9.17) is 15.3 Å². The average Bonchev–Trinajstić information content (AvgIpc) is 3.42. The van der Waals surface area contributed by atoms with Crippen LogP contribution in [0.4, 0.5) is 5.69 Å². The van der Waals surface area contributed by atoms with Crippen LogP contribution in [0, 0.1) is 35.0 Å². The van der Waals surface area contributed by atoms with Crippen LogP contribution in [0.15, 0.2) is 36.4 Å². The number of nitrogens with two attached hydrogens (primary N) is 1. The maximum atomic E-state index is 14.2. The fraction of sp³-hybridized carbons (Fsp3) is 0.632. The number of rotatable bonds is 12. The number of anilines is 1. The topological polar surface area (TPSA) is 129 Å². The summed E-state index contributed by atoms with van der Waals surface area (Å²) in [5, 5.41) is 19.0. The van der Waals surface area contributed by atoms with Gasteiger partial charge in [-0.25, -0.2) is 0 Å². The Morgan fingerprint density at radius 2 is 1.90 bits per heavy atom. The molecule has 0 spiro atoms. The second-order valence-corrected chi connectivity index (χ2v) is 15.6. The molecule has 10 nitrogen and oxygen atoms in total. The van der Waals surface area contributed by atoms with Gasteiger partial charge in [-0.15, -0.1) is 0 Å². The van der Waals surface area contributed by atoms with Crippen molar-refractivity contribution in [1.29, 1.82) is 0 Å². The molecule has 4 aliphatic rings. The van der Waals surface area contributed by atoms with Crippen molar-refractivity contribution in [2.24, 2.45) is 40.7 Å². The molecule has 1 heterocycles. The number of nitrogens with zero attached hydrogens (tertiary/aromatic N) is 2. The van der Waals surface area contributed by atoms with E-state index in [9.17, 15) is 14.7 Å². The number of nitrogens with one attached hydrogen (secondary N) is 2. The summed E-state index contributed by atoms with van der Waals surface area (Å²) in [6.07, 6.45) is 0.859. The van der Waals surface area contributed by atoms with Gasteiger partial charge in [-0.1, -0.05) is 52.8 Å². The van der Waals surface area contributed by atoms with E-state index in [2.05, 4.69) is 45.3 Å². The van der Waals surface area contributed by atoms with E-state index in [1.807, 2.05) is 55.4 Å². The number of hydrogen-bond acceptors (Lipinski definition) is 8. The third kappa shape index (κ3) is 6.95. The van der Waals surface area contributed by atoms with E-state index >= 15 is 0 Å². The van der Waals surface area contributed by atoms with Gasteiger partial charge >= 0.3 is 0 Å². The summed E-state index contributed by atoms with van der Waals surface area (Å²) in [6.45, 7) is 13.8. The van der Waals surface area contributed by atoms with Crippen LogP contribution in [0.25, 0.3) is 11.1 Å². The molecule has 4 fully saturated rings. The lowest BCUT2D eigenvalue weighted by Crippen LogP contribution is -2.62. The van der Waals surface area contributed by atoms with Crippen molar-refractivity contribution in [2.75, 3.05) is 39.2 Å². The van der Waals surface area contributed by atoms with Crippen LogP contribution in [0.2, 0.25) is 0 Å². The number of para-hydroxylation sites is 1. The molecule has 0 unspecified atom stereocenters. The van der Waals surface area contributed by atoms with Gasteiger partial charge in [-0.3, -0.25) is 14.4 Å². The Hall–Kier alpha value is -3.18. The van der Waals surface area contributed by atoms with E-state index in [0.29, 0.717) is 46.9 Å². The largest absolute Gasteiger partial charge is 0.496 e. The number of carbonyl (C=O) groups excluding carboxylic acids is 2. The number of hydrogen-bond donors (Lipinski definition) is 4. The second kappa shape index (κ2) is 14.4. The van der Waals surface area contributed by atoms with Crippen LogP contribution >= 0.6 is 0 Å². The SMILES string of the molecule is COc1c(CN2O[C@@H](CN)[C@H]([C@H](C)O)[C@H]2C(=O)N[C@H]2C[C@H]3C[C@@H]([C@@H]2C)C3(C)C)cccc1-c1cc(C(=O)NCC(C)C)cc(N(C)C)c1. The fourth-order valence-electron chi connectivity index (χ4n) is 8.43. The highest BCUT2D eigenvalue weighted by Crippen LogP contribution is 2.61. The van der Waals surface area contributed by atoms with Crippen molar-refractivity contribution in [3.05, 3.63) is 47.5 Å². The summed E-state index contributed by atoms with van der Waals surface area (Å²) in [5.74, 6) is 1.73. The standard InChI is InChI=1S/C38H57N5O5/c1-21(2)19-40-36(45)26-13-25(14-28(15-26)42(7)8)29-12-10-11-24(35(29)47-9)20-43-34(33(23(4)44)32(18-39)48-43)37(46)41-31-17-27-16-30(22(31)3)38(27,5)6/h10-15,21-23,27,30-34,44H,16-20,39H2,1-9H3,(H,40,45)(H,41,46)/t22-,23-,27+,30-,31-,32-,33-,34-/m0/s1. The highest BCUT2D eigenvalue weighted by atomic mass is 16.7. The molecule has 8 atom stereocenters. The van der Waals surface area contributed by atoms with Crippen LogP contribution in [0.3, 0.4) is 0 Å². The molecule has 10 heteroatoms. The summed E-state index contributed by atoms with van der Waals surface area (Å²) >= 11 is 0. The number of aliphatic hydroxyl groups excluding tert-OH is 1. The van der Waals surface area contributed by atoms with Gasteiger partial charge in [0.05, 0.1) is 25.9 Å². The lowest BCUT2D eigenvalue weighted by atomic mass is 9.45. The normalized spacial score (nSPS) is 28.5. The van der Waals surface area contributed by atoms with Crippen molar-refractivity contribution in [2.45, 2.75) is 85.2 Å². The zero-order valence-electron chi connectivity index (χ0n) is 30.2. The van der Waals surface area contributed by atoms with Gasteiger partial charge in [-0.05, 0) is 72.6 Å². The Labute approximate surface area is 286 Å². The number of ether oxygens (including phenoxy) is 1. The number of methoxy groups -OCH3 is 1. The van der Waals surface area contributed by atoms with Crippen LogP contribution in [0.1, 0.15) is 70.3 Å². The minimum atomic E-state index is -0.808. The third-order valence-corrected chi connectivity index (χ3v) is 11.4. The van der Waals surface area contributed by atoms with Gasteiger partial charge in [0.2, 0.25) is 5.91 Å². The Bertz CT molecular complexity index is 1480. The minimum Gasteiger partial charge on any atom is -0.496 e. The first-order valence-corrected chi connectivity index (χ1v) is 17.6. The van der Waals surface area contributed by atoms with Gasteiger partial charge < -0.3 is 31.1 Å². The molecule has 5 N–H and O–H groups in total. The molecule has 1 saturated heterocycles. The summed E-state index contributed by atoms with van der Waals surface area (Å²) < 4.78 is 6.04. The number of benzene rings is 2. The Morgan fingerprint density at radius 3 is 2.48 bits per heavy atom. The third-order valence-electron chi connectivity index (χ3n) is 11.4. The summed E-state index contributed by atoms with van der Waals surface area (Å²) in [5.41, 5.74) is 10.4. The highest BCUT2D eigenvalue weighted by molar-refractivity contribution is 5.97. The van der Waals surface area contributed by atoms with Crippen molar-refractivity contribution < 1.29 is 24.3 Å². The Kier molecular flexibility index (Phi) is 10.8. The lowest BCUT2D eigenvalue weighted by molar-refractivity contribution is -0.175. The molecule has 6 rings (SSSR count). The smallest absolute Gasteiger partial charge is 0.251 e. The fourth-order valence-corrected chi connectivity index (χ4v) is 8.43. The number of amides is 2. The van der Waals surface area contributed by atoms with Gasteiger partial charge in [0.1, 0.15) is 11.8 Å². The lowest BCUT2D eigenvalue weighted by Gasteiger charge is -2.62. The van der Waals surface area contributed by atoms with Gasteiger partial charge in [-0.2, -0.15) is 5.06 Å². The molecule has 1 aliphatic heterocycles. The van der Waals surface area contributed by atoms with Crippen LogP contribution in [-0.4, -0.2) is 80.6 Å². The predicted molar refractivity (Wildman–Crippen MR) is 189 cm³/mol. The zero-order valence-corrected chi connectivity index (χ0v) is 30.2. The monoisotopic (exact) mass is 663 g/mol. The molecule has 0 radical (unpaired) electrons. The first kappa shape index (κ1) is 36.1. The van der Waals surface area contributed by atoms with Crippen LogP contribution < -0.4 is 26.0 Å². The van der Waals surface area contributed by atoms with E-state index in [-0.39, 0.29) is 30.9 Å². The van der Waals surface area contributed by atoms with Gasteiger partial charge in [0.15, 0.2) is 0 Å². The van der Waals surface area contributed by atoms with Crippen LogP contribution in [0.5, 0.6) is 5.75 Å². The molecule has 3 saturated carbocycles. The molecule has 2 amide bonds. The first-order chi connectivity index (χ1) is 22.7. The molecule has 3 aliphatic carbocycles. The molecule has 2 bridgehead atoms. The van der Waals surface area contributed by atoms with Crippen LogP contribution in [-0.2, 0) is 16.2 Å². The highest BCUT2D eigenvalue weighted by Gasteiger charge is 2.57. The quantitative estimate of drug-likeness (QED) is 0.263. The van der Waals surface area contributed by atoms with Crippen molar-refractivity contribution in [3.63, 3.8) is 0 Å². The molecule has 264 valence electrons. The van der Waals surface area contributed by atoms with E-state index < -0.39 is 24.2 Å². The summed E-state index contributed by atoms with van der Waals surface area (Å²) in [4.78, 5) is 35.7. The van der Waals surface area contributed by atoms with E-state index in [0.717, 1.165) is 28.8 Å². The number of fused-ring (bicyclic) bond motifs is 2. The summed E-state index contributed by atoms with van der Waals surface area (Å²) in [7, 11) is 5.52. The molecular weight excluding hydrogens is 606 g/mol. The van der Waals surface area contributed by atoms with Crippen molar-refractivity contribution >= 4 is 17.5 Å². The van der Waals surface area contributed by atoms with Gasteiger partial charge in [0.25, 0.3) is 5.91 Å². The molecule has 48 heavy (non-hydrogen) atoms. The number of aliphatic hydroxyl groups is 1. The average molecular weight is 664 g/mol. The minimum absolute atomic E-state index is 0.0801. The zero-order chi connectivity index (χ0) is 35.1. The van der Waals surface area contributed by atoms with Crippen molar-refractivity contribution in [3.8, 4) is 16.9 Å². The number of carbonyl (C=O) groups is 2. The molecular formula is C38H57N5O5. The number of hydroxylamine groups is 2. The summed E-state index contributed by atoms with van der Waals surface area (Å²) in [6, 6.07) is 11.0. The molecule has 2 aromatic rings. The molecule has 2 aromatic carbocycles. The Balaban J connectivity index is 1.45. The maximum absolute atomic E-state index is 14.2. The van der Waals surface area contributed by atoms with E-state index in [1.54, 1.807) is 19.1 Å².